The number of rotatable bonds is 6. The Morgan fingerprint density at radius 3 is 2.53 bits per heavy atom. The molecule has 1 aromatic carbocycles. The molecule has 1 saturated carbocycles. The minimum absolute atomic E-state index is 0.00103. The SMILES string of the molecule is O=C(NC1CCCC1)[C@H](c1ccncc1)N(C(=O)c1csnn1)c1ccccc1F. The van der Waals surface area contributed by atoms with Crippen LogP contribution in [0, 0.1) is 5.82 Å². The van der Waals surface area contributed by atoms with Crippen molar-refractivity contribution >= 4 is 29.0 Å². The summed E-state index contributed by atoms with van der Waals surface area (Å²) in [5, 5.41) is 8.36. The maximum atomic E-state index is 14.8. The third-order valence-electron chi connectivity index (χ3n) is 5.14. The molecule has 1 aliphatic carbocycles. The van der Waals surface area contributed by atoms with Crippen LogP contribution in [0.15, 0.2) is 54.2 Å². The van der Waals surface area contributed by atoms with Crippen LogP contribution in [0.1, 0.15) is 47.8 Å². The Morgan fingerprint density at radius 1 is 1.13 bits per heavy atom. The second-order valence-corrected chi connectivity index (χ2v) is 7.70. The number of halogens is 1. The van der Waals surface area contributed by atoms with Crippen LogP contribution in [0.4, 0.5) is 10.1 Å². The maximum Gasteiger partial charge on any atom is 0.280 e. The number of pyridine rings is 1. The summed E-state index contributed by atoms with van der Waals surface area (Å²) in [6.07, 6.45) is 6.95. The van der Waals surface area contributed by atoms with Crippen molar-refractivity contribution in [3.63, 3.8) is 0 Å². The molecule has 9 heteroatoms. The van der Waals surface area contributed by atoms with Gasteiger partial charge in [0.15, 0.2) is 5.69 Å². The lowest BCUT2D eigenvalue weighted by atomic mass is 10.0. The molecule has 0 unspecified atom stereocenters. The zero-order chi connectivity index (χ0) is 20.9. The number of hydrogen-bond donors (Lipinski definition) is 1. The zero-order valence-corrected chi connectivity index (χ0v) is 16.9. The lowest BCUT2D eigenvalue weighted by Crippen LogP contribution is -2.46. The Hall–Kier alpha value is -3.20. The molecule has 1 aliphatic rings. The largest absolute Gasteiger partial charge is 0.351 e. The number of anilines is 1. The Morgan fingerprint density at radius 2 is 1.87 bits per heavy atom. The van der Waals surface area contributed by atoms with Crippen LogP contribution in [-0.4, -0.2) is 32.4 Å². The highest BCUT2D eigenvalue weighted by molar-refractivity contribution is 7.03. The quantitative estimate of drug-likeness (QED) is 0.653. The van der Waals surface area contributed by atoms with Crippen molar-refractivity contribution in [1.29, 1.82) is 0 Å². The highest BCUT2D eigenvalue weighted by atomic mass is 32.1. The van der Waals surface area contributed by atoms with Gasteiger partial charge >= 0.3 is 0 Å². The summed E-state index contributed by atoms with van der Waals surface area (Å²) < 4.78 is 18.6. The fraction of sp³-hybridized carbons (Fsp3) is 0.286. The van der Waals surface area contributed by atoms with Gasteiger partial charge in [0.25, 0.3) is 5.91 Å². The first-order valence-corrected chi connectivity index (χ1v) is 10.5. The Balaban J connectivity index is 1.80. The van der Waals surface area contributed by atoms with E-state index in [0.29, 0.717) is 5.56 Å². The van der Waals surface area contributed by atoms with E-state index in [-0.39, 0.29) is 23.3 Å². The number of carbonyl (C=O) groups excluding carboxylic acids is 2. The van der Waals surface area contributed by atoms with E-state index in [4.69, 9.17) is 0 Å². The van der Waals surface area contributed by atoms with Gasteiger partial charge in [0, 0.05) is 23.8 Å². The highest BCUT2D eigenvalue weighted by Crippen LogP contribution is 2.32. The monoisotopic (exact) mass is 425 g/mol. The van der Waals surface area contributed by atoms with E-state index in [2.05, 4.69) is 19.9 Å². The van der Waals surface area contributed by atoms with Crippen molar-refractivity contribution < 1.29 is 14.0 Å². The number of benzene rings is 1. The van der Waals surface area contributed by atoms with Gasteiger partial charge in [-0.25, -0.2) is 4.39 Å². The molecule has 2 amide bonds. The molecule has 0 spiro atoms. The number of para-hydroxylation sites is 1. The third-order valence-corrected chi connectivity index (χ3v) is 5.64. The molecule has 2 aromatic heterocycles. The highest BCUT2D eigenvalue weighted by Gasteiger charge is 2.36. The number of nitrogens with one attached hydrogen (secondary N) is 1. The molecule has 4 rings (SSSR count). The molecule has 7 nitrogen and oxygen atoms in total. The molecular formula is C21H20FN5O2S. The average molecular weight is 425 g/mol. The van der Waals surface area contributed by atoms with E-state index in [0.717, 1.165) is 42.1 Å². The maximum absolute atomic E-state index is 14.8. The summed E-state index contributed by atoms with van der Waals surface area (Å²) in [6, 6.07) is 8.15. The Bertz CT molecular complexity index is 1010. The molecule has 154 valence electrons. The first-order valence-electron chi connectivity index (χ1n) is 9.70. The first-order chi connectivity index (χ1) is 14.6. The van der Waals surface area contributed by atoms with E-state index in [1.165, 1.54) is 23.6 Å². The van der Waals surface area contributed by atoms with Crippen LogP contribution in [0.2, 0.25) is 0 Å². The summed E-state index contributed by atoms with van der Waals surface area (Å²) in [5.74, 6) is -1.58. The van der Waals surface area contributed by atoms with Gasteiger partial charge in [-0.1, -0.05) is 29.5 Å². The van der Waals surface area contributed by atoms with Crippen molar-refractivity contribution in [3.05, 3.63) is 71.2 Å². The Kier molecular flexibility index (Phi) is 6.08. The number of aromatic nitrogens is 3. The van der Waals surface area contributed by atoms with Crippen LogP contribution in [0.5, 0.6) is 0 Å². The summed E-state index contributed by atoms with van der Waals surface area (Å²) in [4.78, 5) is 32.0. The molecule has 3 aromatic rings. The van der Waals surface area contributed by atoms with Gasteiger partial charge in [-0.05, 0) is 54.2 Å². The summed E-state index contributed by atoms with van der Waals surface area (Å²) >= 11 is 1.01. The molecule has 30 heavy (non-hydrogen) atoms. The standard InChI is InChI=1S/C21H20FN5O2S/c22-16-7-3-4-8-18(16)27(21(29)17-13-30-26-25-17)19(14-9-11-23-12-10-14)20(28)24-15-5-1-2-6-15/h3-4,7-13,15,19H,1-2,5-6H2,(H,24,28)/t19-/m0/s1. The second kappa shape index (κ2) is 9.08. The van der Waals surface area contributed by atoms with Gasteiger partial charge in [0.05, 0.1) is 5.69 Å². The minimum atomic E-state index is -1.08. The molecule has 1 N–H and O–H groups in total. The fourth-order valence-corrected chi connectivity index (χ4v) is 4.14. The smallest absolute Gasteiger partial charge is 0.280 e. The molecular weight excluding hydrogens is 405 g/mol. The van der Waals surface area contributed by atoms with Crippen molar-refractivity contribution in [2.75, 3.05) is 4.90 Å². The van der Waals surface area contributed by atoms with Crippen LogP contribution in [0.25, 0.3) is 0 Å². The van der Waals surface area contributed by atoms with Crippen molar-refractivity contribution in [2.45, 2.75) is 37.8 Å². The van der Waals surface area contributed by atoms with Gasteiger partial charge in [-0.2, -0.15) is 0 Å². The van der Waals surface area contributed by atoms with E-state index in [1.54, 1.807) is 30.6 Å². The normalized spacial score (nSPS) is 15.0. The van der Waals surface area contributed by atoms with E-state index >= 15 is 0 Å². The lowest BCUT2D eigenvalue weighted by molar-refractivity contribution is -0.123. The van der Waals surface area contributed by atoms with Crippen LogP contribution in [-0.2, 0) is 4.79 Å². The Labute approximate surface area is 177 Å². The zero-order valence-electron chi connectivity index (χ0n) is 16.1. The van der Waals surface area contributed by atoms with E-state index in [9.17, 15) is 14.0 Å². The number of hydrogen-bond acceptors (Lipinski definition) is 6. The molecule has 2 heterocycles. The predicted octanol–water partition coefficient (Wildman–Crippen LogP) is 3.52. The molecule has 1 fully saturated rings. The van der Waals surface area contributed by atoms with Gasteiger partial charge in [0.2, 0.25) is 5.91 Å². The lowest BCUT2D eigenvalue weighted by Gasteiger charge is -2.31. The number of carbonyl (C=O) groups is 2. The summed E-state index contributed by atoms with van der Waals surface area (Å²) in [7, 11) is 0. The van der Waals surface area contributed by atoms with Crippen molar-refractivity contribution in [2.24, 2.45) is 0 Å². The molecule has 0 bridgehead atoms. The van der Waals surface area contributed by atoms with Crippen molar-refractivity contribution in [3.8, 4) is 0 Å². The minimum Gasteiger partial charge on any atom is -0.351 e. The molecule has 1 atom stereocenters. The topological polar surface area (TPSA) is 88.1 Å². The van der Waals surface area contributed by atoms with Gasteiger partial charge in [-0.3, -0.25) is 19.5 Å². The van der Waals surface area contributed by atoms with E-state index in [1.807, 2.05) is 0 Å². The van der Waals surface area contributed by atoms with Crippen LogP contribution in [0.3, 0.4) is 0 Å². The molecule has 0 saturated heterocycles. The van der Waals surface area contributed by atoms with Gasteiger partial charge in [0.1, 0.15) is 11.9 Å². The number of nitrogens with zero attached hydrogens (tertiary/aromatic N) is 4. The van der Waals surface area contributed by atoms with Gasteiger partial charge in [-0.15, -0.1) is 5.10 Å². The van der Waals surface area contributed by atoms with Crippen molar-refractivity contribution in [1.82, 2.24) is 19.9 Å². The van der Waals surface area contributed by atoms with Gasteiger partial charge < -0.3 is 5.32 Å². The van der Waals surface area contributed by atoms with E-state index < -0.39 is 17.8 Å². The second-order valence-electron chi connectivity index (χ2n) is 7.09. The first kappa shape index (κ1) is 20.1. The summed E-state index contributed by atoms with van der Waals surface area (Å²) in [6.45, 7) is 0. The third kappa shape index (κ3) is 4.20. The molecule has 0 radical (unpaired) electrons. The van der Waals surface area contributed by atoms with Crippen LogP contribution < -0.4 is 10.2 Å². The van der Waals surface area contributed by atoms with Crippen LogP contribution >= 0.6 is 11.5 Å². The summed E-state index contributed by atoms with van der Waals surface area (Å²) in [5.41, 5.74) is 0.579. The molecule has 0 aliphatic heterocycles. The predicted molar refractivity (Wildman–Crippen MR) is 110 cm³/mol. The average Bonchev–Trinajstić information content (AvgIpc) is 3.47. The number of amides is 2. The fourth-order valence-electron chi connectivity index (χ4n) is 3.71.